The molecule has 0 saturated heterocycles. The summed E-state index contributed by atoms with van der Waals surface area (Å²) in [5, 5.41) is 20.0. The monoisotopic (exact) mass is 338 g/mol. The van der Waals surface area contributed by atoms with Crippen LogP contribution in [0.25, 0.3) is 0 Å². The van der Waals surface area contributed by atoms with Crippen LogP contribution in [-0.4, -0.2) is 36.6 Å². The fraction of sp³-hybridized carbons (Fsp3) is 0.615. The fourth-order valence-corrected chi connectivity index (χ4v) is 3.86. The Balaban J connectivity index is 1.56. The van der Waals surface area contributed by atoms with Crippen LogP contribution < -0.4 is 5.32 Å². The normalized spacial score (nSPS) is 15.9. The van der Waals surface area contributed by atoms with Gasteiger partial charge in [-0.25, -0.2) is 0 Å². The van der Waals surface area contributed by atoms with Crippen molar-refractivity contribution in [2.24, 2.45) is 7.05 Å². The number of nitrogens with one attached hydrogen (secondary N) is 1. The Morgan fingerprint density at radius 1 is 1.36 bits per heavy atom. The molecule has 1 aliphatic rings. The Kier molecular flexibility index (Phi) is 5.04. The maximum absolute atomic E-state index is 11.9. The van der Waals surface area contributed by atoms with E-state index in [4.69, 9.17) is 0 Å². The number of hydrogen-bond acceptors (Lipinski definition) is 7. The highest BCUT2D eigenvalue weighted by atomic mass is 32.2. The lowest BCUT2D eigenvalue weighted by molar-refractivity contribution is -0.113. The summed E-state index contributed by atoms with van der Waals surface area (Å²) in [6, 6.07) is 0. The van der Waals surface area contributed by atoms with E-state index in [1.54, 1.807) is 5.51 Å². The summed E-state index contributed by atoms with van der Waals surface area (Å²) in [5.74, 6) is 1.74. The lowest BCUT2D eigenvalue weighted by Gasteiger charge is -2.20. The maximum atomic E-state index is 11.9. The summed E-state index contributed by atoms with van der Waals surface area (Å²) in [7, 11) is 1.98. The van der Waals surface area contributed by atoms with Crippen molar-refractivity contribution in [3.63, 3.8) is 0 Å². The molecule has 0 aromatic carbocycles. The number of carbonyl (C=O) groups is 1. The highest BCUT2D eigenvalue weighted by Crippen LogP contribution is 2.32. The molecule has 0 bridgehead atoms. The number of nitrogens with zero attached hydrogens (tertiary/aromatic N) is 5. The Morgan fingerprint density at radius 3 is 2.91 bits per heavy atom. The standard InChI is InChI=1S/C13H18N6OS2/c1-19-11(9-5-3-2-4-6-9)16-18-13(19)21-7-10(20)15-12-17-14-8-22-12/h8-9H,2-7H2,1H3,(H,15,17,20). The van der Waals surface area contributed by atoms with E-state index in [1.165, 1.54) is 55.2 Å². The average Bonchev–Trinajstić information content (AvgIpc) is 3.16. The first kappa shape index (κ1) is 15.4. The van der Waals surface area contributed by atoms with E-state index in [9.17, 15) is 4.79 Å². The average molecular weight is 338 g/mol. The van der Waals surface area contributed by atoms with Crippen molar-refractivity contribution in [2.75, 3.05) is 11.1 Å². The maximum Gasteiger partial charge on any atom is 0.236 e. The molecule has 9 heteroatoms. The zero-order valence-corrected chi connectivity index (χ0v) is 14.0. The van der Waals surface area contributed by atoms with Gasteiger partial charge in [-0.2, -0.15) is 0 Å². The van der Waals surface area contributed by atoms with Gasteiger partial charge in [-0.3, -0.25) is 10.1 Å². The molecule has 1 fully saturated rings. The van der Waals surface area contributed by atoms with Gasteiger partial charge in [0.15, 0.2) is 5.16 Å². The van der Waals surface area contributed by atoms with Crippen molar-refractivity contribution in [2.45, 2.75) is 43.2 Å². The molecule has 0 unspecified atom stereocenters. The number of amides is 1. The molecule has 2 heterocycles. The van der Waals surface area contributed by atoms with Crippen LogP contribution in [0.15, 0.2) is 10.7 Å². The summed E-state index contributed by atoms with van der Waals surface area (Å²) >= 11 is 2.70. The zero-order chi connectivity index (χ0) is 15.4. The van der Waals surface area contributed by atoms with Crippen molar-refractivity contribution in [1.29, 1.82) is 0 Å². The summed E-state index contributed by atoms with van der Waals surface area (Å²) in [6.07, 6.45) is 6.23. The Hall–Kier alpha value is -1.48. The second-order valence-electron chi connectivity index (χ2n) is 5.32. The van der Waals surface area contributed by atoms with Gasteiger partial charge >= 0.3 is 0 Å². The molecule has 22 heavy (non-hydrogen) atoms. The van der Waals surface area contributed by atoms with Gasteiger partial charge in [-0.15, -0.1) is 20.4 Å². The van der Waals surface area contributed by atoms with Gasteiger partial charge in [0.2, 0.25) is 11.0 Å². The quantitative estimate of drug-likeness (QED) is 0.843. The van der Waals surface area contributed by atoms with Crippen LogP contribution in [0.5, 0.6) is 0 Å². The van der Waals surface area contributed by atoms with E-state index in [1.807, 2.05) is 11.6 Å². The topological polar surface area (TPSA) is 85.6 Å². The van der Waals surface area contributed by atoms with E-state index < -0.39 is 0 Å². The molecule has 0 aliphatic heterocycles. The van der Waals surface area contributed by atoms with Crippen LogP contribution in [0, 0.1) is 0 Å². The molecule has 2 aromatic heterocycles. The molecule has 0 radical (unpaired) electrons. The van der Waals surface area contributed by atoms with Gasteiger partial charge in [0, 0.05) is 13.0 Å². The minimum atomic E-state index is -0.107. The first-order chi connectivity index (χ1) is 10.7. The van der Waals surface area contributed by atoms with E-state index in [-0.39, 0.29) is 11.7 Å². The number of aromatic nitrogens is 5. The summed E-state index contributed by atoms with van der Waals surface area (Å²) < 4.78 is 2.03. The predicted octanol–water partition coefficient (Wildman–Crippen LogP) is 2.45. The zero-order valence-electron chi connectivity index (χ0n) is 12.4. The lowest BCUT2D eigenvalue weighted by atomic mass is 9.89. The van der Waals surface area contributed by atoms with Crippen molar-refractivity contribution < 1.29 is 4.79 Å². The van der Waals surface area contributed by atoms with Gasteiger partial charge in [0.25, 0.3) is 0 Å². The number of hydrogen-bond donors (Lipinski definition) is 1. The van der Waals surface area contributed by atoms with Gasteiger partial charge in [0.1, 0.15) is 11.3 Å². The van der Waals surface area contributed by atoms with Crippen LogP contribution in [0.3, 0.4) is 0 Å². The summed E-state index contributed by atoms with van der Waals surface area (Å²) in [4.78, 5) is 11.9. The first-order valence-electron chi connectivity index (χ1n) is 7.32. The van der Waals surface area contributed by atoms with Crippen LogP contribution in [0.2, 0.25) is 0 Å². The van der Waals surface area contributed by atoms with Crippen LogP contribution in [-0.2, 0) is 11.8 Å². The van der Waals surface area contributed by atoms with Gasteiger partial charge in [0.05, 0.1) is 5.75 Å². The Bertz CT molecular complexity index is 621. The van der Waals surface area contributed by atoms with E-state index in [2.05, 4.69) is 25.7 Å². The molecule has 0 spiro atoms. The van der Waals surface area contributed by atoms with Crippen molar-refractivity contribution >= 4 is 34.1 Å². The molecule has 2 aromatic rings. The summed E-state index contributed by atoms with van der Waals surface area (Å²) in [6.45, 7) is 0. The lowest BCUT2D eigenvalue weighted by Crippen LogP contribution is -2.14. The fourth-order valence-electron chi connectivity index (χ4n) is 2.68. The molecule has 1 aliphatic carbocycles. The number of anilines is 1. The second kappa shape index (κ2) is 7.19. The molecule has 7 nitrogen and oxygen atoms in total. The molecule has 1 saturated carbocycles. The molecule has 1 amide bonds. The highest BCUT2D eigenvalue weighted by molar-refractivity contribution is 7.99. The Labute approximate surface area is 136 Å². The van der Waals surface area contributed by atoms with Gasteiger partial charge < -0.3 is 4.57 Å². The van der Waals surface area contributed by atoms with E-state index >= 15 is 0 Å². The van der Waals surface area contributed by atoms with Crippen LogP contribution >= 0.6 is 23.1 Å². The highest BCUT2D eigenvalue weighted by Gasteiger charge is 2.22. The number of thioether (sulfide) groups is 1. The third-order valence-electron chi connectivity index (χ3n) is 3.78. The van der Waals surface area contributed by atoms with Crippen molar-refractivity contribution in [1.82, 2.24) is 25.0 Å². The molecule has 1 N–H and O–H groups in total. The number of carbonyl (C=O) groups excluding carboxylic acids is 1. The first-order valence-corrected chi connectivity index (χ1v) is 9.18. The number of rotatable bonds is 5. The van der Waals surface area contributed by atoms with Crippen molar-refractivity contribution in [3.8, 4) is 0 Å². The van der Waals surface area contributed by atoms with Crippen LogP contribution in [0.1, 0.15) is 43.8 Å². The molecule has 0 atom stereocenters. The molecule has 3 rings (SSSR count). The Morgan fingerprint density at radius 2 is 2.18 bits per heavy atom. The van der Waals surface area contributed by atoms with E-state index in [0.717, 1.165) is 11.0 Å². The summed E-state index contributed by atoms with van der Waals surface area (Å²) in [5.41, 5.74) is 1.59. The predicted molar refractivity (Wildman–Crippen MR) is 86.1 cm³/mol. The molecular formula is C13H18N6OS2. The third kappa shape index (κ3) is 3.64. The smallest absolute Gasteiger partial charge is 0.236 e. The second-order valence-corrected chi connectivity index (χ2v) is 7.09. The van der Waals surface area contributed by atoms with E-state index in [0.29, 0.717) is 11.0 Å². The molecular weight excluding hydrogens is 320 g/mol. The third-order valence-corrected chi connectivity index (χ3v) is 5.40. The van der Waals surface area contributed by atoms with Crippen LogP contribution in [0.4, 0.5) is 5.13 Å². The van der Waals surface area contributed by atoms with Gasteiger partial charge in [-0.1, -0.05) is 42.4 Å². The minimum absolute atomic E-state index is 0.107. The largest absolute Gasteiger partial charge is 0.309 e. The minimum Gasteiger partial charge on any atom is -0.309 e. The van der Waals surface area contributed by atoms with Gasteiger partial charge in [-0.05, 0) is 12.8 Å². The van der Waals surface area contributed by atoms with Crippen molar-refractivity contribution in [3.05, 3.63) is 11.3 Å². The molecule has 118 valence electrons. The SMILES string of the molecule is Cn1c(SCC(=O)Nc2nncs2)nnc1C1CCCCC1.